The molecule has 2 aromatic carbocycles. The number of hydrogen-bond acceptors (Lipinski definition) is 3. The summed E-state index contributed by atoms with van der Waals surface area (Å²) in [4.78, 5) is 2.11. The van der Waals surface area contributed by atoms with E-state index in [0.717, 1.165) is 5.56 Å². The molecule has 0 fully saturated rings. The Morgan fingerprint density at radius 3 is 2.23 bits per heavy atom. The van der Waals surface area contributed by atoms with Crippen LogP contribution < -0.4 is 0 Å². The summed E-state index contributed by atoms with van der Waals surface area (Å²) >= 11 is 0. The molecule has 2 unspecified atom stereocenters. The van der Waals surface area contributed by atoms with Crippen LogP contribution >= 0.6 is 0 Å². The van der Waals surface area contributed by atoms with Gasteiger partial charge in [0.15, 0.2) is 0 Å². The molecule has 0 saturated heterocycles. The lowest BCUT2D eigenvalue weighted by molar-refractivity contribution is 0.0431. The van der Waals surface area contributed by atoms with Crippen molar-refractivity contribution in [1.82, 2.24) is 4.90 Å². The normalized spacial score (nSPS) is 14.0. The zero-order valence-corrected chi connectivity index (χ0v) is 13.3. The van der Waals surface area contributed by atoms with Crippen molar-refractivity contribution >= 4 is 0 Å². The van der Waals surface area contributed by atoms with Crippen LogP contribution in [0.5, 0.6) is 0 Å². The SMILES string of the molecule is Cc1ccc(C(O)C(C)N(CCO)Cc2ccccc2)cc1. The summed E-state index contributed by atoms with van der Waals surface area (Å²) in [5, 5.41) is 20.0. The molecule has 3 nitrogen and oxygen atoms in total. The van der Waals surface area contributed by atoms with E-state index < -0.39 is 6.10 Å². The molecule has 22 heavy (non-hydrogen) atoms. The molecule has 2 rings (SSSR count). The molecular weight excluding hydrogens is 274 g/mol. The Bertz CT molecular complexity index is 553. The average Bonchev–Trinajstić information content (AvgIpc) is 2.55. The van der Waals surface area contributed by atoms with Crippen LogP contribution in [-0.4, -0.2) is 34.3 Å². The van der Waals surface area contributed by atoms with Crippen LogP contribution in [0.25, 0.3) is 0 Å². The molecule has 0 aliphatic carbocycles. The zero-order chi connectivity index (χ0) is 15.9. The maximum Gasteiger partial charge on any atom is 0.0942 e. The van der Waals surface area contributed by atoms with E-state index in [9.17, 15) is 10.2 Å². The molecule has 3 heteroatoms. The number of aliphatic hydroxyl groups is 2. The standard InChI is InChI=1S/C19H25NO2/c1-15-8-10-18(11-9-15)19(22)16(2)20(12-13-21)14-17-6-4-3-5-7-17/h3-11,16,19,21-22H,12-14H2,1-2H3. The zero-order valence-electron chi connectivity index (χ0n) is 13.3. The van der Waals surface area contributed by atoms with Gasteiger partial charge in [0.05, 0.1) is 12.7 Å². The molecule has 2 aromatic rings. The van der Waals surface area contributed by atoms with E-state index in [1.165, 1.54) is 11.1 Å². The highest BCUT2D eigenvalue weighted by atomic mass is 16.3. The summed E-state index contributed by atoms with van der Waals surface area (Å²) in [6.07, 6.45) is -0.573. The van der Waals surface area contributed by atoms with Crippen LogP contribution in [0.3, 0.4) is 0 Å². The van der Waals surface area contributed by atoms with Crippen molar-refractivity contribution in [2.24, 2.45) is 0 Å². The molecule has 0 aliphatic rings. The molecule has 0 amide bonds. The molecule has 0 bridgehead atoms. The Labute approximate surface area is 132 Å². The Hall–Kier alpha value is -1.68. The van der Waals surface area contributed by atoms with E-state index in [-0.39, 0.29) is 12.6 Å². The van der Waals surface area contributed by atoms with Gasteiger partial charge in [0, 0.05) is 19.1 Å². The van der Waals surface area contributed by atoms with Gasteiger partial charge in [-0.25, -0.2) is 0 Å². The Morgan fingerprint density at radius 2 is 1.64 bits per heavy atom. The summed E-state index contributed by atoms with van der Waals surface area (Å²) in [5.74, 6) is 0. The van der Waals surface area contributed by atoms with E-state index in [1.54, 1.807) is 0 Å². The summed E-state index contributed by atoms with van der Waals surface area (Å²) in [7, 11) is 0. The van der Waals surface area contributed by atoms with Crippen molar-refractivity contribution < 1.29 is 10.2 Å². The second-order valence-electron chi connectivity index (χ2n) is 5.78. The van der Waals surface area contributed by atoms with Gasteiger partial charge in [-0.2, -0.15) is 0 Å². The predicted molar refractivity (Wildman–Crippen MR) is 89.5 cm³/mol. The van der Waals surface area contributed by atoms with Gasteiger partial charge < -0.3 is 10.2 Å². The third-order valence-electron chi connectivity index (χ3n) is 4.07. The van der Waals surface area contributed by atoms with E-state index in [0.29, 0.717) is 13.1 Å². The van der Waals surface area contributed by atoms with Gasteiger partial charge in [0.25, 0.3) is 0 Å². The second-order valence-corrected chi connectivity index (χ2v) is 5.78. The second kappa shape index (κ2) is 8.08. The van der Waals surface area contributed by atoms with Gasteiger partial charge in [0.2, 0.25) is 0 Å². The third kappa shape index (κ3) is 4.41. The molecule has 118 valence electrons. The van der Waals surface area contributed by atoms with Gasteiger partial charge in [-0.15, -0.1) is 0 Å². The highest BCUT2D eigenvalue weighted by Gasteiger charge is 2.22. The van der Waals surface area contributed by atoms with E-state index in [4.69, 9.17) is 0 Å². The number of nitrogens with zero attached hydrogens (tertiary/aromatic N) is 1. The summed E-state index contributed by atoms with van der Waals surface area (Å²) < 4.78 is 0. The Balaban J connectivity index is 2.11. The van der Waals surface area contributed by atoms with Gasteiger partial charge >= 0.3 is 0 Å². The first-order chi connectivity index (χ1) is 10.6. The van der Waals surface area contributed by atoms with Crippen LogP contribution in [-0.2, 0) is 6.54 Å². The fourth-order valence-corrected chi connectivity index (χ4v) is 2.61. The number of aryl methyl sites for hydroxylation is 1. The van der Waals surface area contributed by atoms with Crippen LogP contribution in [0.2, 0.25) is 0 Å². The van der Waals surface area contributed by atoms with Crippen molar-refractivity contribution in [1.29, 1.82) is 0 Å². The lowest BCUT2D eigenvalue weighted by Gasteiger charge is -2.32. The topological polar surface area (TPSA) is 43.7 Å². The van der Waals surface area contributed by atoms with Crippen LogP contribution in [0.1, 0.15) is 29.7 Å². The quantitative estimate of drug-likeness (QED) is 0.826. The largest absolute Gasteiger partial charge is 0.395 e. The summed E-state index contributed by atoms with van der Waals surface area (Å²) in [5.41, 5.74) is 3.27. The third-order valence-corrected chi connectivity index (χ3v) is 4.07. The lowest BCUT2D eigenvalue weighted by atomic mass is 10.0. The first kappa shape index (κ1) is 16.7. The maximum atomic E-state index is 10.6. The van der Waals surface area contributed by atoms with Gasteiger partial charge in [-0.3, -0.25) is 4.90 Å². The van der Waals surface area contributed by atoms with E-state index >= 15 is 0 Å². The molecule has 2 N–H and O–H groups in total. The average molecular weight is 299 g/mol. The first-order valence-corrected chi connectivity index (χ1v) is 7.75. The summed E-state index contributed by atoms with van der Waals surface area (Å²) in [6.45, 7) is 5.37. The Morgan fingerprint density at radius 1 is 1.00 bits per heavy atom. The van der Waals surface area contributed by atoms with Crippen LogP contribution in [0.4, 0.5) is 0 Å². The minimum absolute atomic E-state index is 0.0740. The Kier molecular flexibility index (Phi) is 6.13. The predicted octanol–water partition coefficient (Wildman–Crippen LogP) is 2.91. The minimum atomic E-state index is -0.573. The highest BCUT2D eigenvalue weighted by Crippen LogP contribution is 2.22. The minimum Gasteiger partial charge on any atom is -0.395 e. The molecule has 0 aromatic heterocycles. The van der Waals surface area contributed by atoms with Gasteiger partial charge in [-0.05, 0) is 25.0 Å². The van der Waals surface area contributed by atoms with E-state index in [2.05, 4.69) is 17.0 Å². The molecule has 2 atom stereocenters. The molecule has 0 aliphatic heterocycles. The van der Waals surface area contributed by atoms with Crippen molar-refractivity contribution in [3.8, 4) is 0 Å². The van der Waals surface area contributed by atoms with Crippen LogP contribution in [0.15, 0.2) is 54.6 Å². The lowest BCUT2D eigenvalue weighted by Crippen LogP contribution is -2.39. The maximum absolute atomic E-state index is 10.6. The highest BCUT2D eigenvalue weighted by molar-refractivity contribution is 5.24. The van der Waals surface area contributed by atoms with Crippen molar-refractivity contribution in [2.45, 2.75) is 32.5 Å². The van der Waals surface area contributed by atoms with Crippen molar-refractivity contribution in [3.05, 3.63) is 71.3 Å². The van der Waals surface area contributed by atoms with Crippen molar-refractivity contribution in [2.75, 3.05) is 13.2 Å². The summed E-state index contributed by atoms with van der Waals surface area (Å²) in [6, 6.07) is 18.0. The number of rotatable bonds is 7. The molecule has 0 saturated carbocycles. The molecular formula is C19H25NO2. The molecule has 0 radical (unpaired) electrons. The molecule has 0 spiro atoms. The fraction of sp³-hybridized carbons (Fsp3) is 0.368. The van der Waals surface area contributed by atoms with Gasteiger partial charge in [-0.1, -0.05) is 60.2 Å². The number of hydrogen-bond donors (Lipinski definition) is 2. The van der Waals surface area contributed by atoms with Crippen molar-refractivity contribution in [3.63, 3.8) is 0 Å². The first-order valence-electron chi connectivity index (χ1n) is 7.75. The van der Waals surface area contributed by atoms with Gasteiger partial charge in [0.1, 0.15) is 0 Å². The molecule has 0 heterocycles. The van der Waals surface area contributed by atoms with E-state index in [1.807, 2.05) is 56.3 Å². The fourth-order valence-electron chi connectivity index (χ4n) is 2.61. The smallest absolute Gasteiger partial charge is 0.0942 e. The van der Waals surface area contributed by atoms with Crippen LogP contribution in [0, 0.1) is 6.92 Å². The number of benzene rings is 2. The monoisotopic (exact) mass is 299 g/mol. The number of aliphatic hydroxyl groups excluding tert-OH is 2.